The van der Waals surface area contributed by atoms with Crippen molar-refractivity contribution in [3.05, 3.63) is 65.5 Å². The maximum absolute atomic E-state index is 12.8. The monoisotopic (exact) mass is 336 g/mol. The van der Waals surface area contributed by atoms with E-state index in [1.807, 2.05) is 24.3 Å². The van der Waals surface area contributed by atoms with Crippen molar-refractivity contribution < 1.29 is 9.13 Å². The van der Waals surface area contributed by atoms with E-state index in [0.717, 1.165) is 30.6 Å². The lowest BCUT2D eigenvalue weighted by atomic mass is 10.0. The molecule has 2 aromatic rings. The fourth-order valence-corrected chi connectivity index (χ4v) is 2.70. The van der Waals surface area contributed by atoms with Gasteiger partial charge in [0.2, 0.25) is 0 Å². The summed E-state index contributed by atoms with van der Waals surface area (Å²) in [7, 11) is 1.67. The van der Waals surface area contributed by atoms with E-state index in [9.17, 15) is 4.39 Å². The number of benzene rings is 2. The van der Waals surface area contributed by atoms with Crippen LogP contribution in [-0.4, -0.2) is 11.9 Å². The van der Waals surface area contributed by atoms with Gasteiger partial charge in [-0.1, -0.05) is 40.2 Å². The molecule has 3 heteroatoms. The van der Waals surface area contributed by atoms with Gasteiger partial charge in [0.15, 0.2) is 0 Å². The van der Waals surface area contributed by atoms with E-state index in [1.54, 1.807) is 7.11 Å². The summed E-state index contributed by atoms with van der Waals surface area (Å²) in [5, 5.41) is 0. The van der Waals surface area contributed by atoms with Crippen LogP contribution in [0.25, 0.3) is 0 Å². The van der Waals surface area contributed by atoms with Gasteiger partial charge in [0, 0.05) is 4.83 Å². The second-order valence-electron chi connectivity index (χ2n) is 4.81. The van der Waals surface area contributed by atoms with Gasteiger partial charge in [-0.15, -0.1) is 0 Å². The van der Waals surface area contributed by atoms with E-state index in [4.69, 9.17) is 4.74 Å². The molecule has 0 saturated carbocycles. The molecule has 0 N–H and O–H groups in total. The van der Waals surface area contributed by atoms with Crippen LogP contribution in [0, 0.1) is 5.82 Å². The molecule has 2 aromatic carbocycles. The molecule has 0 heterocycles. The summed E-state index contributed by atoms with van der Waals surface area (Å²) in [6, 6.07) is 14.9. The van der Waals surface area contributed by atoms with Crippen LogP contribution in [0.15, 0.2) is 48.5 Å². The predicted molar refractivity (Wildman–Crippen MR) is 84.1 cm³/mol. The Morgan fingerprint density at radius 2 is 1.60 bits per heavy atom. The molecule has 0 aliphatic heterocycles. The highest BCUT2D eigenvalue weighted by Crippen LogP contribution is 2.18. The van der Waals surface area contributed by atoms with Crippen LogP contribution in [0.3, 0.4) is 0 Å². The maximum Gasteiger partial charge on any atom is 0.123 e. The van der Waals surface area contributed by atoms with Crippen LogP contribution >= 0.6 is 15.9 Å². The fourth-order valence-electron chi connectivity index (χ4n) is 2.09. The SMILES string of the molecule is COc1ccc(CCC(Br)Cc2ccc(F)cc2)cc1. The first-order valence-corrected chi connectivity index (χ1v) is 7.60. The van der Waals surface area contributed by atoms with E-state index in [2.05, 4.69) is 28.1 Å². The van der Waals surface area contributed by atoms with Gasteiger partial charge in [0.05, 0.1) is 7.11 Å². The fraction of sp³-hybridized carbons (Fsp3) is 0.294. The van der Waals surface area contributed by atoms with Crippen LogP contribution in [0.1, 0.15) is 17.5 Å². The van der Waals surface area contributed by atoms with Crippen molar-refractivity contribution in [3.63, 3.8) is 0 Å². The van der Waals surface area contributed by atoms with Crippen molar-refractivity contribution in [1.29, 1.82) is 0 Å². The Hall–Kier alpha value is -1.35. The molecule has 0 amide bonds. The zero-order chi connectivity index (χ0) is 14.4. The van der Waals surface area contributed by atoms with Crippen LogP contribution in [0.4, 0.5) is 4.39 Å². The summed E-state index contributed by atoms with van der Waals surface area (Å²) in [4.78, 5) is 0.398. The molecule has 0 radical (unpaired) electrons. The molecule has 0 aromatic heterocycles. The van der Waals surface area contributed by atoms with Gasteiger partial charge in [-0.2, -0.15) is 0 Å². The summed E-state index contributed by atoms with van der Waals surface area (Å²) in [6.45, 7) is 0. The molecule has 0 aliphatic carbocycles. The highest BCUT2D eigenvalue weighted by molar-refractivity contribution is 9.09. The second kappa shape index (κ2) is 7.44. The molecular weight excluding hydrogens is 319 g/mol. The summed E-state index contributed by atoms with van der Waals surface area (Å²) in [6.07, 6.45) is 2.97. The number of aryl methyl sites for hydroxylation is 1. The van der Waals surface area contributed by atoms with Crippen molar-refractivity contribution in [1.82, 2.24) is 0 Å². The van der Waals surface area contributed by atoms with Gasteiger partial charge in [0.1, 0.15) is 11.6 Å². The highest BCUT2D eigenvalue weighted by atomic mass is 79.9. The van der Waals surface area contributed by atoms with Gasteiger partial charge < -0.3 is 4.74 Å². The Balaban J connectivity index is 1.82. The number of alkyl halides is 1. The Bertz CT molecular complexity index is 522. The summed E-state index contributed by atoms with van der Waals surface area (Å²) >= 11 is 3.70. The van der Waals surface area contributed by atoms with E-state index in [0.29, 0.717) is 4.83 Å². The highest BCUT2D eigenvalue weighted by Gasteiger charge is 2.06. The number of hydrogen-bond donors (Lipinski definition) is 0. The lowest BCUT2D eigenvalue weighted by Crippen LogP contribution is -2.04. The topological polar surface area (TPSA) is 9.23 Å². The average Bonchev–Trinajstić information content (AvgIpc) is 2.48. The summed E-state index contributed by atoms with van der Waals surface area (Å²) < 4.78 is 18.0. The van der Waals surface area contributed by atoms with Gasteiger partial charge in [-0.3, -0.25) is 0 Å². The minimum atomic E-state index is -0.182. The molecular formula is C17H18BrFO. The van der Waals surface area contributed by atoms with Crippen LogP contribution in [0.2, 0.25) is 0 Å². The standard InChI is InChI=1S/C17H18BrFO/c1-20-17-10-5-13(6-11-17)2-7-15(18)12-14-3-8-16(19)9-4-14/h3-6,8-11,15H,2,7,12H2,1H3. The molecule has 0 saturated heterocycles. The Labute approximate surface area is 127 Å². The molecule has 1 nitrogen and oxygen atoms in total. The second-order valence-corrected chi connectivity index (χ2v) is 6.11. The minimum absolute atomic E-state index is 0.182. The molecule has 2 rings (SSSR count). The summed E-state index contributed by atoms with van der Waals surface area (Å²) in [5.41, 5.74) is 2.46. The Morgan fingerprint density at radius 3 is 2.20 bits per heavy atom. The Morgan fingerprint density at radius 1 is 1.00 bits per heavy atom. The van der Waals surface area contributed by atoms with Gasteiger partial charge in [-0.25, -0.2) is 4.39 Å². The smallest absolute Gasteiger partial charge is 0.123 e. The third kappa shape index (κ3) is 4.64. The number of methoxy groups -OCH3 is 1. The van der Waals surface area contributed by atoms with Gasteiger partial charge >= 0.3 is 0 Å². The molecule has 0 bridgehead atoms. The molecule has 0 fully saturated rings. The van der Waals surface area contributed by atoms with Crippen molar-refractivity contribution >= 4 is 15.9 Å². The predicted octanol–water partition coefficient (Wildman–Crippen LogP) is 4.77. The van der Waals surface area contributed by atoms with Crippen molar-refractivity contribution in [2.75, 3.05) is 7.11 Å². The molecule has 1 unspecified atom stereocenters. The largest absolute Gasteiger partial charge is 0.497 e. The number of rotatable bonds is 6. The first-order valence-electron chi connectivity index (χ1n) is 6.69. The number of ether oxygens (including phenoxy) is 1. The normalized spacial score (nSPS) is 12.2. The van der Waals surface area contributed by atoms with E-state index in [-0.39, 0.29) is 5.82 Å². The Kier molecular flexibility index (Phi) is 5.60. The maximum atomic E-state index is 12.8. The number of hydrogen-bond acceptors (Lipinski definition) is 1. The first kappa shape index (κ1) is 15.0. The van der Waals surface area contributed by atoms with E-state index < -0.39 is 0 Å². The average molecular weight is 337 g/mol. The van der Waals surface area contributed by atoms with Crippen LogP contribution in [0.5, 0.6) is 5.75 Å². The van der Waals surface area contributed by atoms with Crippen LogP contribution < -0.4 is 4.74 Å². The zero-order valence-corrected chi connectivity index (χ0v) is 13.1. The third-order valence-electron chi connectivity index (χ3n) is 3.28. The van der Waals surface area contributed by atoms with Crippen molar-refractivity contribution in [3.8, 4) is 5.75 Å². The first-order chi connectivity index (χ1) is 9.67. The van der Waals surface area contributed by atoms with Gasteiger partial charge in [0.25, 0.3) is 0 Å². The molecule has 0 spiro atoms. The molecule has 106 valence electrons. The van der Waals surface area contributed by atoms with Crippen LogP contribution in [-0.2, 0) is 12.8 Å². The van der Waals surface area contributed by atoms with Gasteiger partial charge in [-0.05, 0) is 54.7 Å². The zero-order valence-electron chi connectivity index (χ0n) is 11.5. The van der Waals surface area contributed by atoms with E-state index in [1.165, 1.54) is 17.7 Å². The lowest BCUT2D eigenvalue weighted by molar-refractivity contribution is 0.414. The number of halogens is 2. The minimum Gasteiger partial charge on any atom is -0.497 e. The lowest BCUT2D eigenvalue weighted by Gasteiger charge is -2.10. The molecule has 1 atom stereocenters. The summed E-state index contributed by atoms with van der Waals surface area (Å²) in [5.74, 6) is 0.702. The van der Waals surface area contributed by atoms with E-state index >= 15 is 0 Å². The van der Waals surface area contributed by atoms with Crippen molar-refractivity contribution in [2.24, 2.45) is 0 Å². The van der Waals surface area contributed by atoms with Crippen molar-refractivity contribution in [2.45, 2.75) is 24.1 Å². The quantitative estimate of drug-likeness (QED) is 0.690. The third-order valence-corrected chi connectivity index (χ3v) is 4.06. The molecule has 0 aliphatic rings. The molecule has 20 heavy (non-hydrogen) atoms.